The van der Waals surface area contributed by atoms with Crippen LogP contribution < -0.4 is 0 Å². The van der Waals surface area contributed by atoms with Crippen molar-refractivity contribution in [2.75, 3.05) is 26.2 Å². The van der Waals surface area contributed by atoms with E-state index in [1.54, 1.807) is 11.3 Å². The topological polar surface area (TPSA) is 23.6 Å². The summed E-state index contributed by atoms with van der Waals surface area (Å²) in [5, 5.41) is 4.00. The molecule has 2 fully saturated rings. The zero-order valence-electron chi connectivity index (χ0n) is 13.7. The van der Waals surface area contributed by atoms with Gasteiger partial charge >= 0.3 is 0 Å². The van der Waals surface area contributed by atoms with Crippen LogP contribution in [-0.2, 0) is 0 Å². The minimum absolute atomic E-state index is 0.249. The van der Waals surface area contributed by atoms with Crippen LogP contribution in [0.5, 0.6) is 0 Å². The number of rotatable bonds is 3. The summed E-state index contributed by atoms with van der Waals surface area (Å²) in [6.07, 6.45) is 7.48. The number of hydrogen-bond acceptors (Lipinski definition) is 3. The second kappa shape index (κ2) is 7.60. The van der Waals surface area contributed by atoms with E-state index in [0.717, 1.165) is 31.0 Å². The third kappa shape index (κ3) is 3.90. The van der Waals surface area contributed by atoms with Crippen LogP contribution in [0.15, 0.2) is 16.8 Å². The van der Waals surface area contributed by atoms with Gasteiger partial charge in [-0.2, -0.15) is 11.3 Å². The Balaban J connectivity index is 1.66. The zero-order chi connectivity index (χ0) is 15.4. The van der Waals surface area contributed by atoms with Gasteiger partial charge in [-0.25, -0.2) is 0 Å². The number of thiophene rings is 1. The Labute approximate surface area is 138 Å². The summed E-state index contributed by atoms with van der Waals surface area (Å²) in [7, 11) is 0. The van der Waals surface area contributed by atoms with E-state index in [1.807, 2.05) is 16.8 Å². The monoisotopic (exact) mass is 320 g/mol. The van der Waals surface area contributed by atoms with Gasteiger partial charge in [0.2, 0.25) is 0 Å². The molecule has 1 atom stereocenters. The maximum Gasteiger partial charge on any atom is 0.254 e. The van der Waals surface area contributed by atoms with Crippen molar-refractivity contribution < 1.29 is 4.79 Å². The molecule has 1 aromatic rings. The van der Waals surface area contributed by atoms with Gasteiger partial charge in [-0.1, -0.05) is 19.8 Å². The Kier molecular flexibility index (Phi) is 5.53. The van der Waals surface area contributed by atoms with Crippen LogP contribution in [-0.4, -0.2) is 47.9 Å². The van der Waals surface area contributed by atoms with Crippen LogP contribution in [0.25, 0.3) is 0 Å². The third-order valence-corrected chi connectivity index (χ3v) is 5.93. The summed E-state index contributed by atoms with van der Waals surface area (Å²) < 4.78 is 0. The summed E-state index contributed by atoms with van der Waals surface area (Å²) in [4.78, 5) is 17.6. The predicted molar refractivity (Wildman–Crippen MR) is 92.4 cm³/mol. The number of amides is 1. The van der Waals surface area contributed by atoms with Crippen molar-refractivity contribution in [2.45, 2.75) is 51.5 Å². The number of carbonyl (C=O) groups excluding carboxylic acids is 1. The molecule has 1 unspecified atom stereocenters. The lowest BCUT2D eigenvalue weighted by molar-refractivity contribution is 0.0606. The fourth-order valence-electron chi connectivity index (χ4n) is 3.73. The van der Waals surface area contributed by atoms with Crippen LogP contribution in [0.1, 0.15) is 55.8 Å². The quantitative estimate of drug-likeness (QED) is 0.844. The van der Waals surface area contributed by atoms with E-state index in [-0.39, 0.29) is 5.91 Å². The summed E-state index contributed by atoms with van der Waals surface area (Å²) in [6, 6.07) is 2.38. The number of nitrogens with zero attached hydrogens (tertiary/aromatic N) is 2. The molecule has 3 rings (SSSR count). The largest absolute Gasteiger partial charge is 0.334 e. The minimum Gasteiger partial charge on any atom is -0.334 e. The van der Waals surface area contributed by atoms with Crippen molar-refractivity contribution in [3.8, 4) is 0 Å². The highest BCUT2D eigenvalue weighted by atomic mass is 32.1. The van der Waals surface area contributed by atoms with Gasteiger partial charge in [0, 0.05) is 24.5 Å². The SMILES string of the molecule is CC1CCN(CC2CCCCCN2C(=O)c2ccsc2)CC1. The van der Waals surface area contributed by atoms with Gasteiger partial charge in [0.25, 0.3) is 5.91 Å². The van der Waals surface area contributed by atoms with Gasteiger partial charge in [0.15, 0.2) is 0 Å². The molecule has 0 aromatic carbocycles. The van der Waals surface area contributed by atoms with E-state index >= 15 is 0 Å². The maximum atomic E-state index is 12.8. The Hall–Kier alpha value is -0.870. The summed E-state index contributed by atoms with van der Waals surface area (Å²) in [5.74, 6) is 1.12. The smallest absolute Gasteiger partial charge is 0.254 e. The molecule has 2 aliphatic heterocycles. The highest BCUT2D eigenvalue weighted by Gasteiger charge is 2.29. The minimum atomic E-state index is 0.249. The number of likely N-dealkylation sites (tertiary alicyclic amines) is 2. The fraction of sp³-hybridized carbons (Fsp3) is 0.722. The maximum absolute atomic E-state index is 12.8. The Morgan fingerprint density at radius 3 is 2.73 bits per heavy atom. The molecular weight excluding hydrogens is 292 g/mol. The molecule has 122 valence electrons. The Bertz CT molecular complexity index is 465. The average Bonchev–Trinajstić information content (AvgIpc) is 2.97. The van der Waals surface area contributed by atoms with Crippen molar-refractivity contribution in [3.63, 3.8) is 0 Å². The molecule has 2 saturated heterocycles. The molecule has 0 aliphatic carbocycles. The zero-order valence-corrected chi connectivity index (χ0v) is 14.5. The van der Waals surface area contributed by atoms with Gasteiger partial charge < -0.3 is 9.80 Å². The molecule has 0 bridgehead atoms. The van der Waals surface area contributed by atoms with Crippen LogP contribution in [0.3, 0.4) is 0 Å². The van der Waals surface area contributed by atoms with Gasteiger partial charge in [0.05, 0.1) is 5.56 Å². The summed E-state index contributed by atoms with van der Waals surface area (Å²) >= 11 is 1.62. The first-order valence-corrected chi connectivity index (χ1v) is 9.74. The van der Waals surface area contributed by atoms with E-state index < -0.39 is 0 Å². The van der Waals surface area contributed by atoms with Gasteiger partial charge in [0.1, 0.15) is 0 Å². The molecular formula is C18H28N2OS. The van der Waals surface area contributed by atoms with Gasteiger partial charge in [-0.15, -0.1) is 0 Å². The Morgan fingerprint density at radius 1 is 1.18 bits per heavy atom. The standard InChI is InChI=1S/C18H28N2OS/c1-15-6-10-19(11-7-15)13-17-5-3-2-4-9-20(17)18(21)16-8-12-22-14-16/h8,12,14-15,17H,2-7,9-11,13H2,1H3. The molecule has 0 spiro atoms. The molecule has 1 aromatic heterocycles. The van der Waals surface area contributed by atoms with Crippen molar-refractivity contribution >= 4 is 17.2 Å². The molecule has 1 amide bonds. The van der Waals surface area contributed by atoms with E-state index in [0.29, 0.717) is 6.04 Å². The van der Waals surface area contributed by atoms with Crippen LogP contribution >= 0.6 is 11.3 Å². The lowest BCUT2D eigenvalue weighted by atomic mass is 9.98. The van der Waals surface area contributed by atoms with Crippen LogP contribution in [0, 0.1) is 5.92 Å². The molecule has 3 nitrogen and oxygen atoms in total. The van der Waals surface area contributed by atoms with Crippen LogP contribution in [0.4, 0.5) is 0 Å². The Morgan fingerprint density at radius 2 is 2.00 bits per heavy atom. The van der Waals surface area contributed by atoms with Crippen LogP contribution in [0.2, 0.25) is 0 Å². The number of piperidine rings is 1. The lowest BCUT2D eigenvalue weighted by Crippen LogP contribution is -2.48. The second-order valence-corrected chi connectivity index (χ2v) is 7.78. The predicted octanol–water partition coefficient (Wildman–Crippen LogP) is 3.86. The highest BCUT2D eigenvalue weighted by molar-refractivity contribution is 7.08. The first-order chi connectivity index (χ1) is 10.7. The van der Waals surface area contributed by atoms with Gasteiger partial charge in [-0.05, 0) is 56.1 Å². The van der Waals surface area contributed by atoms with Crippen molar-refractivity contribution in [1.29, 1.82) is 0 Å². The average molecular weight is 321 g/mol. The normalized spacial score (nSPS) is 25.1. The number of hydrogen-bond donors (Lipinski definition) is 0. The second-order valence-electron chi connectivity index (χ2n) is 7.00. The molecule has 0 radical (unpaired) electrons. The fourth-order valence-corrected chi connectivity index (χ4v) is 4.36. The van der Waals surface area contributed by atoms with Gasteiger partial charge in [-0.3, -0.25) is 4.79 Å². The molecule has 2 aliphatic rings. The van der Waals surface area contributed by atoms with Crippen molar-refractivity contribution in [1.82, 2.24) is 9.80 Å². The first-order valence-electron chi connectivity index (χ1n) is 8.79. The summed E-state index contributed by atoms with van der Waals surface area (Å²) in [6.45, 7) is 6.78. The molecule has 22 heavy (non-hydrogen) atoms. The third-order valence-electron chi connectivity index (χ3n) is 5.25. The van der Waals surface area contributed by atoms with E-state index in [1.165, 1.54) is 45.2 Å². The number of carbonyl (C=O) groups is 1. The molecule has 4 heteroatoms. The lowest BCUT2D eigenvalue weighted by Gasteiger charge is -2.37. The highest BCUT2D eigenvalue weighted by Crippen LogP contribution is 2.23. The van der Waals surface area contributed by atoms with Crippen molar-refractivity contribution in [3.05, 3.63) is 22.4 Å². The first kappa shape index (κ1) is 16.0. The van der Waals surface area contributed by atoms with E-state index in [2.05, 4.69) is 16.7 Å². The molecule has 0 saturated carbocycles. The van der Waals surface area contributed by atoms with E-state index in [9.17, 15) is 4.79 Å². The summed E-state index contributed by atoms with van der Waals surface area (Å²) in [5.41, 5.74) is 0.879. The molecule has 0 N–H and O–H groups in total. The van der Waals surface area contributed by atoms with E-state index in [4.69, 9.17) is 0 Å². The van der Waals surface area contributed by atoms with Crippen molar-refractivity contribution in [2.24, 2.45) is 5.92 Å². The molecule has 3 heterocycles.